The zero-order valence-corrected chi connectivity index (χ0v) is 10.6. The van der Waals surface area contributed by atoms with Crippen LogP contribution in [-0.2, 0) is 20.9 Å². The van der Waals surface area contributed by atoms with Crippen molar-refractivity contribution in [2.24, 2.45) is 0 Å². The standard InChI is InChI=1S/C9H15O2PS2/c1-4-7-10-12(13,11-8-5-2)14-9-6-3/h4-6H,1-3,7-9H2. The van der Waals surface area contributed by atoms with Crippen molar-refractivity contribution in [1.82, 2.24) is 0 Å². The Hall–Kier alpha value is 0.140. The van der Waals surface area contributed by atoms with Crippen LogP contribution in [0.3, 0.4) is 0 Å². The Balaban J connectivity index is 4.15. The second kappa shape index (κ2) is 8.45. The molecule has 0 saturated heterocycles. The summed E-state index contributed by atoms with van der Waals surface area (Å²) in [5.74, 6) is 0.728. The second-order valence-corrected chi connectivity index (χ2v) is 8.56. The fourth-order valence-electron chi connectivity index (χ4n) is 0.544. The molecular formula is C9H15O2PS2. The first kappa shape index (κ1) is 14.1. The predicted octanol–water partition coefficient (Wildman–Crippen LogP) is 3.54. The quantitative estimate of drug-likeness (QED) is 0.460. The zero-order valence-electron chi connectivity index (χ0n) is 8.05. The zero-order chi connectivity index (χ0) is 10.9. The first-order chi connectivity index (χ1) is 6.68. The van der Waals surface area contributed by atoms with Crippen molar-refractivity contribution in [3.05, 3.63) is 38.0 Å². The van der Waals surface area contributed by atoms with Crippen LogP contribution in [0.15, 0.2) is 38.0 Å². The molecule has 2 nitrogen and oxygen atoms in total. The van der Waals surface area contributed by atoms with Gasteiger partial charge >= 0.3 is 0 Å². The molecule has 0 bridgehead atoms. The molecule has 0 fully saturated rings. The molecule has 0 unspecified atom stereocenters. The maximum atomic E-state index is 5.44. The lowest BCUT2D eigenvalue weighted by Gasteiger charge is -2.19. The van der Waals surface area contributed by atoms with Crippen LogP contribution in [0.4, 0.5) is 0 Å². The second-order valence-electron chi connectivity index (χ2n) is 2.20. The normalized spacial score (nSPS) is 10.9. The van der Waals surface area contributed by atoms with Gasteiger partial charge in [0.1, 0.15) is 0 Å². The van der Waals surface area contributed by atoms with Gasteiger partial charge in [-0.15, -0.1) is 19.7 Å². The molecular weight excluding hydrogens is 235 g/mol. The molecule has 0 atom stereocenters. The van der Waals surface area contributed by atoms with Crippen molar-refractivity contribution < 1.29 is 9.05 Å². The Kier molecular flexibility index (Phi) is 8.53. The summed E-state index contributed by atoms with van der Waals surface area (Å²) >= 11 is 6.76. The van der Waals surface area contributed by atoms with Gasteiger partial charge in [0.15, 0.2) is 0 Å². The van der Waals surface area contributed by atoms with E-state index in [1.807, 2.05) is 0 Å². The van der Waals surface area contributed by atoms with Crippen molar-refractivity contribution in [3.63, 3.8) is 0 Å². The molecule has 80 valence electrons. The maximum Gasteiger partial charge on any atom is 0.248 e. The number of rotatable bonds is 9. The first-order valence-electron chi connectivity index (χ1n) is 4.05. The fourth-order valence-corrected chi connectivity index (χ4v) is 4.22. The highest BCUT2D eigenvalue weighted by atomic mass is 32.9. The van der Waals surface area contributed by atoms with Crippen LogP contribution >= 0.6 is 17.1 Å². The molecule has 0 aliphatic carbocycles. The third-order valence-electron chi connectivity index (χ3n) is 1.05. The van der Waals surface area contributed by atoms with Crippen molar-refractivity contribution in [1.29, 1.82) is 0 Å². The van der Waals surface area contributed by atoms with Gasteiger partial charge in [0.05, 0.1) is 13.2 Å². The average Bonchev–Trinajstić information content (AvgIpc) is 2.21. The van der Waals surface area contributed by atoms with Gasteiger partial charge in [-0.25, -0.2) is 0 Å². The third-order valence-corrected chi connectivity index (χ3v) is 6.29. The van der Waals surface area contributed by atoms with Crippen molar-refractivity contribution in [2.75, 3.05) is 19.0 Å². The highest BCUT2D eigenvalue weighted by Gasteiger charge is 2.17. The van der Waals surface area contributed by atoms with E-state index in [1.54, 1.807) is 18.2 Å². The summed E-state index contributed by atoms with van der Waals surface area (Å²) < 4.78 is 10.9. The monoisotopic (exact) mass is 250 g/mol. The molecule has 14 heavy (non-hydrogen) atoms. The minimum absolute atomic E-state index is 0.415. The minimum Gasteiger partial charge on any atom is -0.317 e. The summed E-state index contributed by atoms with van der Waals surface area (Å²) in [6, 6.07) is 0. The third kappa shape index (κ3) is 6.57. The van der Waals surface area contributed by atoms with Gasteiger partial charge in [-0.05, 0) is 11.8 Å². The lowest BCUT2D eigenvalue weighted by molar-refractivity contribution is 0.302. The lowest BCUT2D eigenvalue weighted by Crippen LogP contribution is -1.93. The Morgan fingerprint density at radius 2 is 1.57 bits per heavy atom. The summed E-state index contributed by atoms with van der Waals surface area (Å²) in [6.07, 6.45) is 5.10. The molecule has 5 heteroatoms. The van der Waals surface area contributed by atoms with Gasteiger partial charge in [-0.1, -0.05) is 29.6 Å². The van der Waals surface area contributed by atoms with Crippen molar-refractivity contribution in [2.45, 2.75) is 0 Å². The van der Waals surface area contributed by atoms with Crippen LogP contribution in [0.25, 0.3) is 0 Å². The smallest absolute Gasteiger partial charge is 0.248 e. The lowest BCUT2D eigenvalue weighted by atomic mass is 10.7. The largest absolute Gasteiger partial charge is 0.317 e. The summed E-state index contributed by atoms with van der Waals surface area (Å²) in [6.45, 7) is 11.6. The number of hydrogen-bond donors (Lipinski definition) is 0. The van der Waals surface area contributed by atoms with Crippen molar-refractivity contribution >= 4 is 28.9 Å². The van der Waals surface area contributed by atoms with E-state index >= 15 is 0 Å². The van der Waals surface area contributed by atoms with E-state index in [1.165, 1.54) is 11.4 Å². The molecule has 0 rings (SSSR count). The summed E-state index contributed by atoms with van der Waals surface area (Å²) in [5.41, 5.74) is -2.23. The van der Waals surface area contributed by atoms with E-state index in [2.05, 4.69) is 19.7 Å². The summed E-state index contributed by atoms with van der Waals surface area (Å²) in [7, 11) is 0. The molecule has 0 spiro atoms. The van der Waals surface area contributed by atoms with Crippen LogP contribution < -0.4 is 0 Å². The van der Waals surface area contributed by atoms with E-state index < -0.39 is 5.69 Å². The van der Waals surface area contributed by atoms with E-state index in [-0.39, 0.29) is 0 Å². The molecule has 0 aromatic heterocycles. The Morgan fingerprint density at radius 3 is 1.93 bits per heavy atom. The highest BCUT2D eigenvalue weighted by molar-refractivity contribution is 8.67. The van der Waals surface area contributed by atoms with E-state index in [4.69, 9.17) is 20.9 Å². The summed E-state index contributed by atoms with van der Waals surface area (Å²) in [5, 5.41) is 0. The van der Waals surface area contributed by atoms with Crippen LogP contribution in [0.2, 0.25) is 0 Å². The molecule has 0 aliphatic rings. The van der Waals surface area contributed by atoms with Crippen LogP contribution in [0.1, 0.15) is 0 Å². The molecule has 0 amide bonds. The van der Waals surface area contributed by atoms with Crippen LogP contribution in [0, 0.1) is 0 Å². The minimum atomic E-state index is -2.23. The maximum absolute atomic E-state index is 5.44. The molecule has 0 saturated carbocycles. The Morgan fingerprint density at radius 1 is 1.07 bits per heavy atom. The van der Waals surface area contributed by atoms with Gasteiger partial charge in [-0.2, -0.15) is 0 Å². The predicted molar refractivity (Wildman–Crippen MR) is 69.2 cm³/mol. The van der Waals surface area contributed by atoms with E-state index in [0.717, 1.165) is 5.75 Å². The van der Waals surface area contributed by atoms with Gasteiger partial charge in [-0.3, -0.25) is 0 Å². The SMILES string of the molecule is C=CCOP(=S)(OCC=C)SCC=C. The summed E-state index contributed by atoms with van der Waals surface area (Å²) in [4.78, 5) is 0. The Labute approximate surface area is 95.0 Å². The van der Waals surface area contributed by atoms with Gasteiger partial charge in [0.25, 0.3) is 0 Å². The molecule has 0 N–H and O–H groups in total. The van der Waals surface area contributed by atoms with E-state index in [0.29, 0.717) is 13.2 Å². The van der Waals surface area contributed by atoms with Crippen LogP contribution in [-0.4, -0.2) is 19.0 Å². The van der Waals surface area contributed by atoms with Gasteiger partial charge < -0.3 is 9.05 Å². The van der Waals surface area contributed by atoms with Crippen molar-refractivity contribution in [3.8, 4) is 0 Å². The fraction of sp³-hybridized carbons (Fsp3) is 0.333. The average molecular weight is 250 g/mol. The van der Waals surface area contributed by atoms with Crippen LogP contribution in [0.5, 0.6) is 0 Å². The number of hydrogen-bond acceptors (Lipinski definition) is 4. The molecule has 0 aliphatic heterocycles. The van der Waals surface area contributed by atoms with Gasteiger partial charge in [0, 0.05) is 5.75 Å². The molecule has 0 radical (unpaired) electrons. The first-order valence-corrected chi connectivity index (χ1v) is 8.27. The van der Waals surface area contributed by atoms with E-state index in [9.17, 15) is 0 Å². The topological polar surface area (TPSA) is 18.5 Å². The molecule has 0 aromatic carbocycles. The molecule has 0 heterocycles. The highest BCUT2D eigenvalue weighted by Crippen LogP contribution is 2.60. The van der Waals surface area contributed by atoms with Gasteiger partial charge in [0.2, 0.25) is 5.69 Å². The molecule has 0 aromatic rings. The Bertz CT molecular complexity index is 203.